The minimum atomic E-state index is -1.38. The van der Waals surface area contributed by atoms with E-state index in [1.165, 1.54) is 13.8 Å². The summed E-state index contributed by atoms with van der Waals surface area (Å²) >= 11 is 0. The van der Waals surface area contributed by atoms with Crippen molar-refractivity contribution >= 4 is 11.9 Å². The van der Waals surface area contributed by atoms with Crippen molar-refractivity contribution in [3.8, 4) is 0 Å². The average Bonchev–Trinajstić information content (AvgIpc) is 2.29. The topological polar surface area (TPSA) is 66.4 Å². The van der Waals surface area contributed by atoms with Gasteiger partial charge in [-0.2, -0.15) is 0 Å². The first-order chi connectivity index (χ1) is 8.40. The average molecular weight is 249 g/mol. The van der Waals surface area contributed by atoms with Gasteiger partial charge < -0.3 is 10.4 Å². The number of hydrogen-bond donors (Lipinski definition) is 2. The molecule has 0 aromatic heterocycles. The van der Waals surface area contributed by atoms with E-state index in [-0.39, 0.29) is 5.91 Å². The molecule has 1 atom stereocenters. The molecule has 0 saturated heterocycles. The number of rotatable bonds is 5. The maximum atomic E-state index is 11.4. The molecule has 0 spiro atoms. The first-order valence-electron chi connectivity index (χ1n) is 6.01. The Hall–Kier alpha value is -1.84. The van der Waals surface area contributed by atoms with Crippen LogP contribution in [0, 0.1) is 0 Å². The fourth-order valence-corrected chi connectivity index (χ4v) is 1.89. The summed E-state index contributed by atoms with van der Waals surface area (Å²) in [4.78, 5) is 22.5. The van der Waals surface area contributed by atoms with Crippen LogP contribution in [0.4, 0.5) is 0 Å². The number of carbonyl (C=O) groups excluding carboxylic acids is 1. The van der Waals surface area contributed by atoms with Crippen molar-refractivity contribution in [2.45, 2.75) is 39.2 Å². The maximum absolute atomic E-state index is 11.4. The normalized spacial score (nSPS) is 13.7. The number of aliphatic carboxylic acids is 1. The molecule has 0 aliphatic heterocycles. The van der Waals surface area contributed by atoms with Crippen LogP contribution in [0.5, 0.6) is 0 Å². The third kappa shape index (κ3) is 3.09. The number of amides is 1. The van der Waals surface area contributed by atoms with Gasteiger partial charge in [-0.3, -0.25) is 4.79 Å². The lowest BCUT2D eigenvalue weighted by molar-refractivity contribution is -0.147. The summed E-state index contributed by atoms with van der Waals surface area (Å²) in [6.45, 7) is 4.89. The summed E-state index contributed by atoms with van der Waals surface area (Å²) in [6, 6.07) is 7.33. The highest BCUT2D eigenvalue weighted by Gasteiger charge is 2.35. The summed E-state index contributed by atoms with van der Waals surface area (Å²) in [5, 5.41) is 11.8. The van der Waals surface area contributed by atoms with Crippen molar-refractivity contribution in [2.24, 2.45) is 0 Å². The predicted molar refractivity (Wildman–Crippen MR) is 69.2 cm³/mol. The Morgan fingerprint density at radius 1 is 1.28 bits per heavy atom. The van der Waals surface area contributed by atoms with Crippen LogP contribution in [-0.2, 0) is 21.5 Å². The molecule has 1 aromatic carbocycles. The fraction of sp³-hybridized carbons (Fsp3) is 0.429. The number of aryl methyl sites for hydroxylation is 1. The number of hydrogen-bond acceptors (Lipinski definition) is 2. The zero-order chi connectivity index (χ0) is 13.8. The van der Waals surface area contributed by atoms with Crippen molar-refractivity contribution in [3.05, 3.63) is 35.4 Å². The molecule has 98 valence electrons. The van der Waals surface area contributed by atoms with E-state index in [0.29, 0.717) is 5.56 Å². The Morgan fingerprint density at radius 3 is 2.22 bits per heavy atom. The Morgan fingerprint density at radius 2 is 1.83 bits per heavy atom. The highest BCUT2D eigenvalue weighted by molar-refractivity contribution is 5.86. The first kappa shape index (κ1) is 14.2. The molecule has 0 heterocycles. The van der Waals surface area contributed by atoms with E-state index in [0.717, 1.165) is 18.4 Å². The van der Waals surface area contributed by atoms with Gasteiger partial charge in [0.25, 0.3) is 0 Å². The van der Waals surface area contributed by atoms with Crippen molar-refractivity contribution in [1.29, 1.82) is 0 Å². The van der Waals surface area contributed by atoms with Gasteiger partial charge in [0.15, 0.2) is 5.54 Å². The highest BCUT2D eigenvalue weighted by Crippen LogP contribution is 2.22. The second-order valence-corrected chi connectivity index (χ2v) is 4.56. The van der Waals surface area contributed by atoms with Crippen LogP contribution in [0.15, 0.2) is 24.3 Å². The molecule has 1 amide bonds. The van der Waals surface area contributed by atoms with Gasteiger partial charge in [-0.15, -0.1) is 0 Å². The maximum Gasteiger partial charge on any atom is 0.333 e. The number of carboxylic acids is 1. The van der Waals surface area contributed by atoms with Gasteiger partial charge in [-0.25, -0.2) is 4.79 Å². The number of benzene rings is 1. The van der Waals surface area contributed by atoms with Crippen LogP contribution in [0.25, 0.3) is 0 Å². The van der Waals surface area contributed by atoms with Crippen molar-refractivity contribution < 1.29 is 14.7 Å². The molecule has 0 bridgehead atoms. The first-order valence-corrected chi connectivity index (χ1v) is 6.01. The molecule has 2 N–H and O–H groups in total. The standard InChI is InChI=1S/C14H19NO3/c1-4-5-11-6-8-12(9-7-11)14(3,13(17)18)15-10(2)16/h6-9H,4-5H2,1-3H3,(H,15,16)(H,17,18). The second kappa shape index (κ2) is 5.67. The Balaban J connectivity index is 3.06. The Labute approximate surface area is 107 Å². The molecule has 0 aliphatic rings. The van der Waals surface area contributed by atoms with Gasteiger partial charge in [0.2, 0.25) is 5.91 Å². The summed E-state index contributed by atoms with van der Waals surface area (Å²) in [5.41, 5.74) is 0.359. The predicted octanol–water partition coefficient (Wildman–Crippen LogP) is 2.08. The highest BCUT2D eigenvalue weighted by atomic mass is 16.4. The number of carboxylic acid groups (broad SMARTS) is 1. The molecular formula is C14H19NO3. The SMILES string of the molecule is CCCc1ccc(C(C)(NC(C)=O)C(=O)O)cc1. The van der Waals surface area contributed by atoms with Crippen LogP contribution in [0.2, 0.25) is 0 Å². The zero-order valence-electron chi connectivity index (χ0n) is 11.0. The van der Waals surface area contributed by atoms with Gasteiger partial charge in [0.05, 0.1) is 0 Å². The van der Waals surface area contributed by atoms with E-state index in [1.807, 2.05) is 12.1 Å². The van der Waals surface area contributed by atoms with Crippen LogP contribution in [0.3, 0.4) is 0 Å². The second-order valence-electron chi connectivity index (χ2n) is 4.56. The molecule has 0 radical (unpaired) electrons. The molecule has 0 saturated carbocycles. The molecule has 18 heavy (non-hydrogen) atoms. The van der Waals surface area contributed by atoms with E-state index < -0.39 is 11.5 Å². The van der Waals surface area contributed by atoms with Crippen molar-refractivity contribution in [3.63, 3.8) is 0 Å². The smallest absolute Gasteiger partial charge is 0.333 e. The summed E-state index contributed by atoms with van der Waals surface area (Å²) in [6.07, 6.45) is 2.01. The van der Waals surface area contributed by atoms with Gasteiger partial charge in [-0.1, -0.05) is 37.6 Å². The minimum Gasteiger partial charge on any atom is -0.479 e. The summed E-state index contributed by atoms with van der Waals surface area (Å²) in [5.74, 6) is -1.43. The monoisotopic (exact) mass is 249 g/mol. The van der Waals surface area contributed by atoms with Crippen LogP contribution in [0.1, 0.15) is 38.3 Å². The van der Waals surface area contributed by atoms with Crippen molar-refractivity contribution in [2.75, 3.05) is 0 Å². The summed E-state index contributed by atoms with van der Waals surface area (Å²) in [7, 11) is 0. The van der Waals surface area contributed by atoms with Gasteiger partial charge in [-0.05, 0) is 24.5 Å². The number of carbonyl (C=O) groups is 2. The Kier molecular flexibility index (Phi) is 4.48. The third-order valence-electron chi connectivity index (χ3n) is 2.92. The Bertz CT molecular complexity index is 439. The molecule has 1 unspecified atom stereocenters. The van der Waals surface area contributed by atoms with E-state index in [1.54, 1.807) is 12.1 Å². The molecule has 4 nitrogen and oxygen atoms in total. The van der Waals surface area contributed by atoms with Crippen LogP contribution in [-0.4, -0.2) is 17.0 Å². The number of nitrogens with one attached hydrogen (secondary N) is 1. The van der Waals surface area contributed by atoms with Gasteiger partial charge in [0, 0.05) is 6.92 Å². The third-order valence-corrected chi connectivity index (χ3v) is 2.92. The molecular weight excluding hydrogens is 230 g/mol. The van der Waals surface area contributed by atoms with Gasteiger partial charge >= 0.3 is 5.97 Å². The zero-order valence-corrected chi connectivity index (χ0v) is 11.0. The largest absolute Gasteiger partial charge is 0.479 e. The molecule has 0 fully saturated rings. The van der Waals surface area contributed by atoms with E-state index in [2.05, 4.69) is 12.2 Å². The lowest BCUT2D eigenvalue weighted by Crippen LogP contribution is -2.48. The van der Waals surface area contributed by atoms with Crippen molar-refractivity contribution in [1.82, 2.24) is 5.32 Å². The molecule has 1 rings (SSSR count). The van der Waals surface area contributed by atoms with Crippen LogP contribution >= 0.6 is 0 Å². The molecule has 1 aromatic rings. The quantitative estimate of drug-likeness (QED) is 0.839. The minimum absolute atomic E-state index is 0.363. The lowest BCUT2D eigenvalue weighted by atomic mass is 9.91. The van der Waals surface area contributed by atoms with Crippen LogP contribution < -0.4 is 5.32 Å². The van der Waals surface area contributed by atoms with E-state index in [9.17, 15) is 14.7 Å². The summed E-state index contributed by atoms with van der Waals surface area (Å²) < 4.78 is 0. The molecule has 0 aliphatic carbocycles. The van der Waals surface area contributed by atoms with E-state index >= 15 is 0 Å². The van der Waals surface area contributed by atoms with Gasteiger partial charge in [0.1, 0.15) is 0 Å². The fourth-order valence-electron chi connectivity index (χ4n) is 1.89. The van der Waals surface area contributed by atoms with E-state index in [4.69, 9.17) is 0 Å². The lowest BCUT2D eigenvalue weighted by Gasteiger charge is -2.26. The molecule has 4 heteroatoms.